The minimum atomic E-state index is 0.273. The molecule has 0 amide bonds. The van der Waals surface area contributed by atoms with Crippen LogP contribution in [0.1, 0.15) is 50.3 Å². The minimum Gasteiger partial charge on any atom is -0.373 e. The van der Waals surface area contributed by atoms with E-state index >= 15 is 0 Å². The second-order valence-electron chi connectivity index (χ2n) is 6.00. The SMILES string of the molecule is CNC(CCC(C)C)CC1OCCc2ccccc21. The molecule has 0 aromatic heterocycles. The van der Waals surface area contributed by atoms with E-state index in [4.69, 9.17) is 4.74 Å². The van der Waals surface area contributed by atoms with Crippen LogP contribution in [0.4, 0.5) is 0 Å². The van der Waals surface area contributed by atoms with E-state index in [-0.39, 0.29) is 6.10 Å². The maximum Gasteiger partial charge on any atom is 0.0842 e. The van der Waals surface area contributed by atoms with Gasteiger partial charge < -0.3 is 10.1 Å². The number of nitrogens with one attached hydrogen (secondary N) is 1. The van der Waals surface area contributed by atoms with Crippen molar-refractivity contribution in [2.45, 2.75) is 51.7 Å². The molecule has 1 aromatic carbocycles. The molecule has 0 aliphatic carbocycles. The second-order valence-corrected chi connectivity index (χ2v) is 6.00. The van der Waals surface area contributed by atoms with Gasteiger partial charge in [0, 0.05) is 6.04 Å². The van der Waals surface area contributed by atoms with Crippen molar-refractivity contribution in [3.05, 3.63) is 35.4 Å². The highest BCUT2D eigenvalue weighted by atomic mass is 16.5. The molecule has 2 unspecified atom stereocenters. The molecule has 1 aromatic rings. The molecule has 1 aliphatic rings. The molecule has 0 saturated carbocycles. The van der Waals surface area contributed by atoms with E-state index in [0.717, 1.165) is 25.4 Å². The lowest BCUT2D eigenvalue weighted by Gasteiger charge is -2.29. The number of hydrogen-bond acceptors (Lipinski definition) is 2. The zero-order valence-electron chi connectivity index (χ0n) is 12.5. The molecular formula is C17H27NO. The standard InChI is InChI=1S/C17H27NO/c1-13(2)8-9-15(18-3)12-17-16-7-5-4-6-14(16)10-11-19-17/h4-7,13,15,17-18H,8-12H2,1-3H3. The van der Waals surface area contributed by atoms with Crippen LogP contribution in [0.2, 0.25) is 0 Å². The third kappa shape index (κ3) is 4.05. The molecule has 2 nitrogen and oxygen atoms in total. The van der Waals surface area contributed by atoms with E-state index in [1.807, 2.05) is 0 Å². The lowest BCUT2D eigenvalue weighted by atomic mass is 9.91. The van der Waals surface area contributed by atoms with E-state index in [0.29, 0.717) is 6.04 Å². The van der Waals surface area contributed by atoms with Gasteiger partial charge in [0.2, 0.25) is 0 Å². The largest absolute Gasteiger partial charge is 0.373 e. The first-order chi connectivity index (χ1) is 9.20. The monoisotopic (exact) mass is 261 g/mol. The van der Waals surface area contributed by atoms with Crippen molar-refractivity contribution in [3.8, 4) is 0 Å². The minimum absolute atomic E-state index is 0.273. The van der Waals surface area contributed by atoms with Crippen LogP contribution in [-0.2, 0) is 11.2 Å². The van der Waals surface area contributed by atoms with E-state index in [1.165, 1.54) is 24.0 Å². The third-order valence-corrected chi connectivity index (χ3v) is 4.09. The van der Waals surface area contributed by atoms with Crippen LogP contribution in [0.25, 0.3) is 0 Å². The number of rotatable bonds is 6. The normalized spacial score (nSPS) is 20.3. The molecule has 0 fully saturated rings. The maximum absolute atomic E-state index is 6.00. The average Bonchev–Trinajstić information content (AvgIpc) is 2.43. The molecule has 2 heteroatoms. The van der Waals surface area contributed by atoms with E-state index in [9.17, 15) is 0 Å². The van der Waals surface area contributed by atoms with Crippen molar-refractivity contribution in [1.82, 2.24) is 5.32 Å². The van der Waals surface area contributed by atoms with Crippen molar-refractivity contribution >= 4 is 0 Å². The summed E-state index contributed by atoms with van der Waals surface area (Å²) >= 11 is 0. The molecule has 2 atom stereocenters. The Kier molecular flexibility index (Phi) is 5.41. The number of benzene rings is 1. The fourth-order valence-electron chi connectivity index (χ4n) is 2.84. The number of ether oxygens (including phenoxy) is 1. The zero-order chi connectivity index (χ0) is 13.7. The summed E-state index contributed by atoms with van der Waals surface area (Å²) in [6.45, 7) is 5.44. The van der Waals surface area contributed by atoms with Gasteiger partial charge in [-0.15, -0.1) is 0 Å². The van der Waals surface area contributed by atoms with Crippen LogP contribution in [-0.4, -0.2) is 19.7 Å². The zero-order valence-corrected chi connectivity index (χ0v) is 12.5. The molecule has 2 rings (SSSR count). The molecule has 1 heterocycles. The lowest BCUT2D eigenvalue weighted by molar-refractivity contribution is 0.0290. The van der Waals surface area contributed by atoms with Gasteiger partial charge in [-0.05, 0) is 49.8 Å². The Bertz CT molecular complexity index is 389. The third-order valence-electron chi connectivity index (χ3n) is 4.09. The predicted octanol–water partition coefficient (Wildman–Crippen LogP) is 3.71. The van der Waals surface area contributed by atoms with Crippen molar-refractivity contribution in [1.29, 1.82) is 0 Å². The topological polar surface area (TPSA) is 21.3 Å². The summed E-state index contributed by atoms with van der Waals surface area (Å²) < 4.78 is 6.00. The van der Waals surface area contributed by atoms with Gasteiger partial charge in [0.05, 0.1) is 12.7 Å². The van der Waals surface area contributed by atoms with Crippen LogP contribution in [0.5, 0.6) is 0 Å². The lowest BCUT2D eigenvalue weighted by Crippen LogP contribution is -2.30. The van der Waals surface area contributed by atoms with Crippen molar-refractivity contribution in [2.24, 2.45) is 5.92 Å². The highest BCUT2D eigenvalue weighted by Gasteiger charge is 2.23. The van der Waals surface area contributed by atoms with E-state index in [2.05, 4.69) is 50.5 Å². The van der Waals surface area contributed by atoms with Gasteiger partial charge in [0.1, 0.15) is 0 Å². The molecule has 0 saturated heterocycles. The van der Waals surface area contributed by atoms with Gasteiger partial charge in [-0.1, -0.05) is 38.1 Å². The van der Waals surface area contributed by atoms with Crippen LogP contribution >= 0.6 is 0 Å². The number of fused-ring (bicyclic) bond motifs is 1. The van der Waals surface area contributed by atoms with E-state index in [1.54, 1.807) is 0 Å². The quantitative estimate of drug-likeness (QED) is 0.843. The Morgan fingerprint density at radius 1 is 1.26 bits per heavy atom. The first kappa shape index (κ1) is 14.5. The van der Waals surface area contributed by atoms with Gasteiger partial charge in [-0.25, -0.2) is 0 Å². The Hall–Kier alpha value is -0.860. The van der Waals surface area contributed by atoms with Crippen molar-refractivity contribution < 1.29 is 4.74 Å². The molecule has 1 aliphatic heterocycles. The highest BCUT2D eigenvalue weighted by Crippen LogP contribution is 2.31. The Balaban J connectivity index is 1.98. The van der Waals surface area contributed by atoms with Gasteiger partial charge in [-0.3, -0.25) is 0 Å². The molecule has 19 heavy (non-hydrogen) atoms. The second kappa shape index (κ2) is 7.06. The summed E-state index contributed by atoms with van der Waals surface area (Å²) in [4.78, 5) is 0. The summed E-state index contributed by atoms with van der Waals surface area (Å²) in [6.07, 6.45) is 4.92. The highest BCUT2D eigenvalue weighted by molar-refractivity contribution is 5.31. The first-order valence-electron chi connectivity index (χ1n) is 7.57. The summed E-state index contributed by atoms with van der Waals surface area (Å²) in [7, 11) is 2.07. The fourth-order valence-corrected chi connectivity index (χ4v) is 2.84. The summed E-state index contributed by atoms with van der Waals surface area (Å²) in [6, 6.07) is 9.29. The van der Waals surface area contributed by atoms with Crippen LogP contribution < -0.4 is 5.32 Å². The predicted molar refractivity (Wildman–Crippen MR) is 80.4 cm³/mol. The van der Waals surface area contributed by atoms with E-state index < -0.39 is 0 Å². The molecule has 0 radical (unpaired) electrons. The average molecular weight is 261 g/mol. The summed E-state index contributed by atoms with van der Waals surface area (Å²) in [5.74, 6) is 0.774. The molecular weight excluding hydrogens is 234 g/mol. The van der Waals surface area contributed by atoms with Gasteiger partial charge >= 0.3 is 0 Å². The van der Waals surface area contributed by atoms with Crippen LogP contribution in [0.15, 0.2) is 24.3 Å². The van der Waals surface area contributed by atoms with Gasteiger partial charge in [0.25, 0.3) is 0 Å². The summed E-state index contributed by atoms with van der Waals surface area (Å²) in [5.41, 5.74) is 2.87. The Labute approximate surface area is 117 Å². The Morgan fingerprint density at radius 3 is 2.79 bits per heavy atom. The van der Waals surface area contributed by atoms with Gasteiger partial charge in [-0.2, -0.15) is 0 Å². The first-order valence-corrected chi connectivity index (χ1v) is 7.57. The van der Waals surface area contributed by atoms with Crippen LogP contribution in [0, 0.1) is 5.92 Å². The fraction of sp³-hybridized carbons (Fsp3) is 0.647. The molecule has 0 bridgehead atoms. The van der Waals surface area contributed by atoms with Gasteiger partial charge in [0.15, 0.2) is 0 Å². The van der Waals surface area contributed by atoms with Crippen molar-refractivity contribution in [3.63, 3.8) is 0 Å². The molecule has 1 N–H and O–H groups in total. The molecule has 106 valence electrons. The smallest absolute Gasteiger partial charge is 0.0842 e. The number of hydrogen-bond donors (Lipinski definition) is 1. The molecule has 0 spiro atoms. The van der Waals surface area contributed by atoms with Crippen LogP contribution in [0.3, 0.4) is 0 Å². The maximum atomic E-state index is 6.00. The van der Waals surface area contributed by atoms with Crippen molar-refractivity contribution in [2.75, 3.05) is 13.7 Å². The summed E-state index contributed by atoms with van der Waals surface area (Å²) in [5, 5.41) is 3.46. The Morgan fingerprint density at radius 2 is 2.05 bits per heavy atom.